The second-order valence-electron chi connectivity index (χ2n) is 5.03. The first kappa shape index (κ1) is 17.7. The van der Waals surface area contributed by atoms with E-state index in [9.17, 15) is 9.90 Å². The number of amides is 1. The topological polar surface area (TPSA) is 75.4 Å². The van der Waals surface area contributed by atoms with E-state index in [0.29, 0.717) is 17.7 Å². The predicted octanol–water partition coefficient (Wildman–Crippen LogP) is 2.89. The van der Waals surface area contributed by atoms with Crippen LogP contribution in [0.5, 0.6) is 5.75 Å². The van der Waals surface area contributed by atoms with E-state index in [1.54, 1.807) is 26.0 Å². The number of nitrogens with one attached hydrogen (secondary N) is 1. The molecule has 1 rings (SSSR count). The molecule has 4 nitrogen and oxygen atoms in total. The Kier molecular flexibility index (Phi) is 6.33. The summed E-state index contributed by atoms with van der Waals surface area (Å²) in [4.78, 5) is 12.1. The summed E-state index contributed by atoms with van der Waals surface area (Å²) in [7, 11) is 0. The zero-order valence-corrected chi connectivity index (χ0v) is 12.7. The second kappa shape index (κ2) is 6.78. The number of rotatable bonds is 4. The van der Waals surface area contributed by atoms with Crippen molar-refractivity contribution in [2.75, 3.05) is 5.32 Å². The van der Waals surface area contributed by atoms with Gasteiger partial charge in [0.1, 0.15) is 5.75 Å². The van der Waals surface area contributed by atoms with E-state index in [4.69, 9.17) is 5.73 Å². The molecule has 0 aliphatic rings. The summed E-state index contributed by atoms with van der Waals surface area (Å²) in [6.45, 7) is 7.29. The van der Waals surface area contributed by atoms with Crippen LogP contribution in [0.4, 0.5) is 5.69 Å². The van der Waals surface area contributed by atoms with E-state index in [1.165, 1.54) is 0 Å². The first-order chi connectivity index (χ1) is 8.29. The van der Waals surface area contributed by atoms with Crippen LogP contribution < -0.4 is 11.1 Å². The van der Waals surface area contributed by atoms with Gasteiger partial charge in [-0.05, 0) is 38.8 Å². The third-order valence-corrected chi connectivity index (χ3v) is 3.17. The van der Waals surface area contributed by atoms with Gasteiger partial charge in [0.25, 0.3) is 0 Å². The van der Waals surface area contributed by atoms with E-state index in [1.807, 2.05) is 13.8 Å². The maximum Gasteiger partial charge on any atom is 0.244 e. The quantitative estimate of drug-likeness (QED) is 0.797. The van der Waals surface area contributed by atoms with E-state index in [0.717, 1.165) is 12.0 Å². The van der Waals surface area contributed by atoms with Gasteiger partial charge >= 0.3 is 0 Å². The lowest BCUT2D eigenvalue weighted by Crippen LogP contribution is -2.48. The molecule has 1 aromatic carbocycles. The van der Waals surface area contributed by atoms with Crippen molar-refractivity contribution in [3.05, 3.63) is 23.3 Å². The van der Waals surface area contributed by atoms with Crippen molar-refractivity contribution in [3.63, 3.8) is 0 Å². The highest BCUT2D eigenvalue weighted by atomic mass is 35.5. The molecule has 0 aromatic heterocycles. The first-order valence-corrected chi connectivity index (χ1v) is 6.19. The Labute approximate surface area is 120 Å². The maximum atomic E-state index is 12.1. The van der Waals surface area contributed by atoms with Crippen molar-refractivity contribution in [2.45, 2.75) is 46.1 Å². The molecular weight excluding hydrogens is 264 g/mol. The third-order valence-electron chi connectivity index (χ3n) is 3.17. The van der Waals surface area contributed by atoms with Crippen molar-refractivity contribution in [3.8, 4) is 5.75 Å². The van der Waals surface area contributed by atoms with Gasteiger partial charge in [0.15, 0.2) is 0 Å². The van der Waals surface area contributed by atoms with Gasteiger partial charge in [-0.1, -0.05) is 19.4 Å². The monoisotopic (exact) mass is 286 g/mol. The number of aryl methyl sites for hydroxylation is 1. The summed E-state index contributed by atoms with van der Waals surface area (Å²) in [6.07, 6.45) is 1.47. The molecule has 0 saturated carbocycles. The van der Waals surface area contributed by atoms with Crippen LogP contribution in [-0.2, 0) is 4.79 Å². The van der Waals surface area contributed by atoms with Gasteiger partial charge in [-0.15, -0.1) is 12.4 Å². The van der Waals surface area contributed by atoms with Gasteiger partial charge in [-0.2, -0.15) is 0 Å². The summed E-state index contributed by atoms with van der Waals surface area (Å²) in [5.41, 5.74) is 7.13. The van der Waals surface area contributed by atoms with Crippen LogP contribution in [0, 0.1) is 13.8 Å². The SMILES string of the molecule is CCCC(C)(N)C(=O)Nc1ccc(C)c(O)c1C.Cl. The molecule has 0 spiro atoms. The van der Waals surface area contributed by atoms with Crippen molar-refractivity contribution >= 4 is 24.0 Å². The summed E-state index contributed by atoms with van der Waals surface area (Å²) >= 11 is 0. The zero-order valence-electron chi connectivity index (χ0n) is 11.9. The highest BCUT2D eigenvalue weighted by Crippen LogP contribution is 2.28. The highest BCUT2D eigenvalue weighted by molar-refractivity contribution is 5.98. The summed E-state index contributed by atoms with van der Waals surface area (Å²) < 4.78 is 0. The molecule has 0 fully saturated rings. The minimum atomic E-state index is -0.887. The van der Waals surface area contributed by atoms with Crippen LogP contribution in [-0.4, -0.2) is 16.6 Å². The molecule has 0 heterocycles. The van der Waals surface area contributed by atoms with Crippen molar-refractivity contribution in [1.29, 1.82) is 0 Å². The summed E-state index contributed by atoms with van der Waals surface area (Å²) in [5.74, 6) is -0.0160. The molecule has 108 valence electrons. The average molecular weight is 287 g/mol. The molecule has 0 radical (unpaired) electrons. The van der Waals surface area contributed by atoms with E-state index in [2.05, 4.69) is 5.32 Å². The minimum absolute atomic E-state index is 0. The molecule has 1 aromatic rings. The molecule has 4 N–H and O–H groups in total. The normalized spacial score (nSPS) is 13.3. The van der Waals surface area contributed by atoms with Gasteiger partial charge < -0.3 is 16.2 Å². The lowest BCUT2D eigenvalue weighted by Gasteiger charge is -2.23. The van der Waals surface area contributed by atoms with E-state index >= 15 is 0 Å². The Morgan fingerprint density at radius 3 is 2.53 bits per heavy atom. The fourth-order valence-corrected chi connectivity index (χ4v) is 1.87. The number of anilines is 1. The van der Waals surface area contributed by atoms with Crippen LogP contribution in [0.1, 0.15) is 37.8 Å². The number of halogens is 1. The molecule has 1 unspecified atom stereocenters. The lowest BCUT2D eigenvalue weighted by molar-refractivity contribution is -0.120. The number of carbonyl (C=O) groups is 1. The molecular formula is C14H23ClN2O2. The Balaban J connectivity index is 0.00000324. The number of nitrogens with two attached hydrogens (primary N) is 1. The molecule has 1 atom stereocenters. The van der Waals surface area contributed by atoms with Crippen LogP contribution in [0.3, 0.4) is 0 Å². The molecule has 0 aliphatic heterocycles. The van der Waals surface area contributed by atoms with Crippen molar-refractivity contribution < 1.29 is 9.90 Å². The molecule has 0 bridgehead atoms. The highest BCUT2D eigenvalue weighted by Gasteiger charge is 2.27. The first-order valence-electron chi connectivity index (χ1n) is 6.19. The number of hydrogen-bond donors (Lipinski definition) is 3. The van der Waals surface area contributed by atoms with Crippen LogP contribution in [0.25, 0.3) is 0 Å². The van der Waals surface area contributed by atoms with Crippen LogP contribution >= 0.6 is 12.4 Å². The predicted molar refractivity (Wildman–Crippen MR) is 81.0 cm³/mol. The van der Waals surface area contributed by atoms with Crippen molar-refractivity contribution in [1.82, 2.24) is 0 Å². The van der Waals surface area contributed by atoms with Gasteiger partial charge in [-0.25, -0.2) is 0 Å². The molecule has 1 amide bonds. The van der Waals surface area contributed by atoms with Gasteiger partial charge in [0, 0.05) is 11.3 Å². The smallest absolute Gasteiger partial charge is 0.244 e. The Morgan fingerprint density at radius 2 is 2.00 bits per heavy atom. The second-order valence-corrected chi connectivity index (χ2v) is 5.03. The molecule has 5 heteroatoms. The van der Waals surface area contributed by atoms with Crippen molar-refractivity contribution in [2.24, 2.45) is 5.73 Å². The van der Waals surface area contributed by atoms with Gasteiger partial charge in [0.05, 0.1) is 5.54 Å². The Morgan fingerprint density at radius 1 is 1.42 bits per heavy atom. The van der Waals surface area contributed by atoms with E-state index < -0.39 is 5.54 Å². The Bertz CT molecular complexity index is 459. The third kappa shape index (κ3) is 4.11. The number of phenolic OH excluding ortho intramolecular Hbond substituents is 1. The number of carbonyl (C=O) groups excluding carboxylic acids is 1. The molecule has 0 aliphatic carbocycles. The van der Waals surface area contributed by atoms with Crippen LogP contribution in [0.2, 0.25) is 0 Å². The minimum Gasteiger partial charge on any atom is -0.507 e. The summed E-state index contributed by atoms with van der Waals surface area (Å²) in [5, 5.41) is 12.6. The Hall–Kier alpha value is -1.26. The number of hydrogen-bond acceptors (Lipinski definition) is 3. The number of benzene rings is 1. The summed E-state index contributed by atoms with van der Waals surface area (Å²) in [6, 6.07) is 3.55. The van der Waals surface area contributed by atoms with Crippen LogP contribution in [0.15, 0.2) is 12.1 Å². The van der Waals surface area contributed by atoms with E-state index in [-0.39, 0.29) is 24.1 Å². The van der Waals surface area contributed by atoms with Gasteiger partial charge in [-0.3, -0.25) is 4.79 Å². The van der Waals surface area contributed by atoms with Gasteiger partial charge in [0.2, 0.25) is 5.91 Å². The molecule has 0 saturated heterocycles. The molecule has 19 heavy (non-hydrogen) atoms. The fraction of sp³-hybridized carbons (Fsp3) is 0.500. The number of phenols is 1. The maximum absolute atomic E-state index is 12.1. The average Bonchev–Trinajstić information content (AvgIpc) is 2.29. The number of aromatic hydroxyl groups is 1. The lowest BCUT2D eigenvalue weighted by atomic mass is 9.96. The fourth-order valence-electron chi connectivity index (χ4n) is 1.87. The standard InChI is InChI=1S/C14H22N2O2.ClH/c1-5-8-14(4,15)13(18)16-11-7-6-9(2)12(17)10(11)3;/h6-7,17H,5,8,15H2,1-4H3,(H,16,18);1H. The largest absolute Gasteiger partial charge is 0.507 e. The zero-order chi connectivity index (χ0) is 13.9.